The van der Waals surface area contributed by atoms with Gasteiger partial charge < -0.3 is 5.11 Å². The summed E-state index contributed by atoms with van der Waals surface area (Å²) in [6, 6.07) is 9.17. The highest BCUT2D eigenvalue weighted by molar-refractivity contribution is 9.10. The molecule has 0 atom stereocenters. The number of aliphatic hydroxyl groups is 1. The van der Waals surface area contributed by atoms with Crippen molar-refractivity contribution < 1.29 is 5.11 Å². The van der Waals surface area contributed by atoms with Crippen LogP contribution in [0.3, 0.4) is 0 Å². The molecule has 0 bridgehead atoms. The van der Waals surface area contributed by atoms with Gasteiger partial charge in [0.15, 0.2) is 0 Å². The van der Waals surface area contributed by atoms with E-state index in [1.54, 1.807) is 0 Å². The van der Waals surface area contributed by atoms with Crippen LogP contribution in [0.4, 0.5) is 0 Å². The van der Waals surface area contributed by atoms with Crippen LogP contribution in [0.2, 0.25) is 0 Å². The maximum absolute atomic E-state index is 9.24. The summed E-state index contributed by atoms with van der Waals surface area (Å²) >= 11 is 3.47. The quantitative estimate of drug-likeness (QED) is 0.898. The van der Waals surface area contributed by atoms with Gasteiger partial charge in [0.25, 0.3) is 0 Å². The van der Waals surface area contributed by atoms with Crippen molar-refractivity contribution in [1.82, 2.24) is 4.90 Å². The molecule has 1 fully saturated rings. The van der Waals surface area contributed by atoms with Crippen molar-refractivity contribution >= 4 is 15.9 Å². The number of hydrogen-bond donors (Lipinski definition) is 1. The van der Waals surface area contributed by atoms with Crippen LogP contribution >= 0.6 is 15.9 Å². The smallest absolute Gasteiger partial charge is 0.0558 e. The molecule has 1 saturated carbocycles. The topological polar surface area (TPSA) is 23.5 Å². The SMILES string of the molecule is OCCN(Cc1ccc(Br)cc1)C1CCCCC1. The summed E-state index contributed by atoms with van der Waals surface area (Å²) in [6.07, 6.45) is 6.63. The van der Waals surface area contributed by atoms with Crippen LogP contribution in [0.1, 0.15) is 37.7 Å². The molecule has 0 unspecified atom stereocenters. The third-order valence-electron chi connectivity index (χ3n) is 3.78. The molecule has 1 aliphatic rings. The van der Waals surface area contributed by atoms with E-state index in [0.717, 1.165) is 17.6 Å². The molecule has 0 spiro atoms. The van der Waals surface area contributed by atoms with Gasteiger partial charge in [-0.05, 0) is 30.5 Å². The van der Waals surface area contributed by atoms with Crippen LogP contribution in [0, 0.1) is 0 Å². The largest absolute Gasteiger partial charge is 0.395 e. The van der Waals surface area contributed by atoms with Crippen LogP contribution in [0.15, 0.2) is 28.7 Å². The number of benzene rings is 1. The molecule has 0 amide bonds. The lowest BCUT2D eigenvalue weighted by molar-refractivity contribution is 0.117. The molecule has 2 rings (SSSR count). The second-order valence-corrected chi connectivity index (χ2v) is 6.03. The Morgan fingerprint density at radius 1 is 1.11 bits per heavy atom. The molecule has 3 heteroatoms. The fourth-order valence-electron chi connectivity index (χ4n) is 2.79. The molecule has 1 N–H and O–H groups in total. The average molecular weight is 312 g/mol. The zero-order valence-electron chi connectivity index (χ0n) is 10.8. The zero-order valence-corrected chi connectivity index (χ0v) is 12.4. The van der Waals surface area contributed by atoms with E-state index in [-0.39, 0.29) is 6.61 Å². The standard InChI is InChI=1S/C15H22BrNO/c16-14-8-6-13(7-9-14)12-17(10-11-18)15-4-2-1-3-5-15/h6-9,15,18H,1-5,10-12H2. The van der Waals surface area contributed by atoms with Gasteiger partial charge >= 0.3 is 0 Å². The lowest BCUT2D eigenvalue weighted by Crippen LogP contribution is -2.38. The lowest BCUT2D eigenvalue weighted by Gasteiger charge is -2.34. The van der Waals surface area contributed by atoms with E-state index in [9.17, 15) is 5.11 Å². The van der Waals surface area contributed by atoms with Crippen molar-refractivity contribution in [2.24, 2.45) is 0 Å². The van der Waals surface area contributed by atoms with E-state index in [0.29, 0.717) is 6.04 Å². The first kappa shape index (κ1) is 14.0. The minimum atomic E-state index is 0.257. The Morgan fingerprint density at radius 2 is 1.78 bits per heavy atom. The Balaban J connectivity index is 1.98. The number of aliphatic hydroxyl groups excluding tert-OH is 1. The van der Waals surface area contributed by atoms with Crippen LogP contribution in [-0.4, -0.2) is 29.2 Å². The molecule has 1 aromatic carbocycles. The van der Waals surface area contributed by atoms with E-state index in [1.807, 2.05) is 0 Å². The van der Waals surface area contributed by atoms with E-state index >= 15 is 0 Å². The first-order valence-electron chi connectivity index (χ1n) is 6.89. The number of nitrogens with zero attached hydrogens (tertiary/aromatic N) is 1. The normalized spacial score (nSPS) is 17.3. The van der Waals surface area contributed by atoms with Crippen LogP contribution in [0.25, 0.3) is 0 Å². The molecule has 1 aromatic rings. The summed E-state index contributed by atoms with van der Waals surface area (Å²) in [5, 5.41) is 9.24. The lowest BCUT2D eigenvalue weighted by atomic mass is 9.94. The van der Waals surface area contributed by atoms with Crippen molar-refractivity contribution in [3.8, 4) is 0 Å². The Hall–Kier alpha value is -0.380. The molecule has 2 nitrogen and oxygen atoms in total. The molecule has 0 radical (unpaired) electrons. The van der Waals surface area contributed by atoms with Crippen molar-refractivity contribution in [3.63, 3.8) is 0 Å². The van der Waals surface area contributed by atoms with Gasteiger partial charge in [-0.2, -0.15) is 0 Å². The highest BCUT2D eigenvalue weighted by atomic mass is 79.9. The highest BCUT2D eigenvalue weighted by Crippen LogP contribution is 2.24. The summed E-state index contributed by atoms with van der Waals surface area (Å²) in [5.74, 6) is 0. The van der Waals surface area contributed by atoms with Gasteiger partial charge in [-0.15, -0.1) is 0 Å². The third kappa shape index (κ3) is 4.08. The van der Waals surface area contributed by atoms with E-state index in [1.165, 1.54) is 37.7 Å². The molecule has 18 heavy (non-hydrogen) atoms. The molecule has 0 aromatic heterocycles. The van der Waals surface area contributed by atoms with Gasteiger partial charge in [-0.1, -0.05) is 47.3 Å². The van der Waals surface area contributed by atoms with Crippen LogP contribution < -0.4 is 0 Å². The molecule has 0 aliphatic heterocycles. The fourth-order valence-corrected chi connectivity index (χ4v) is 3.05. The van der Waals surface area contributed by atoms with Gasteiger partial charge in [0.1, 0.15) is 0 Å². The second-order valence-electron chi connectivity index (χ2n) is 5.11. The number of halogens is 1. The van der Waals surface area contributed by atoms with Crippen LogP contribution in [0.5, 0.6) is 0 Å². The Morgan fingerprint density at radius 3 is 2.39 bits per heavy atom. The Bertz CT molecular complexity index is 346. The fraction of sp³-hybridized carbons (Fsp3) is 0.600. The Kier molecular flexibility index (Phi) is 5.67. The van der Waals surface area contributed by atoms with Crippen molar-refractivity contribution in [1.29, 1.82) is 0 Å². The molecular weight excluding hydrogens is 290 g/mol. The van der Waals surface area contributed by atoms with Crippen molar-refractivity contribution in [3.05, 3.63) is 34.3 Å². The molecule has 1 aliphatic carbocycles. The summed E-state index contributed by atoms with van der Waals surface area (Å²) in [6.45, 7) is 2.01. The second kappa shape index (κ2) is 7.27. The highest BCUT2D eigenvalue weighted by Gasteiger charge is 2.20. The van der Waals surface area contributed by atoms with E-state index in [2.05, 4.69) is 45.1 Å². The minimum Gasteiger partial charge on any atom is -0.395 e. The first-order valence-corrected chi connectivity index (χ1v) is 7.68. The third-order valence-corrected chi connectivity index (χ3v) is 4.31. The summed E-state index contributed by atoms with van der Waals surface area (Å²) in [7, 11) is 0. The van der Waals surface area contributed by atoms with E-state index < -0.39 is 0 Å². The number of hydrogen-bond acceptors (Lipinski definition) is 2. The average Bonchev–Trinajstić information content (AvgIpc) is 2.42. The van der Waals surface area contributed by atoms with Gasteiger partial charge in [0.2, 0.25) is 0 Å². The van der Waals surface area contributed by atoms with Gasteiger partial charge in [0.05, 0.1) is 6.61 Å². The predicted octanol–water partition coefficient (Wildman–Crippen LogP) is 3.58. The molecule has 0 saturated heterocycles. The summed E-state index contributed by atoms with van der Waals surface area (Å²) in [4.78, 5) is 2.45. The predicted molar refractivity (Wildman–Crippen MR) is 78.5 cm³/mol. The minimum absolute atomic E-state index is 0.257. The van der Waals surface area contributed by atoms with Gasteiger partial charge in [0, 0.05) is 23.6 Å². The maximum Gasteiger partial charge on any atom is 0.0558 e. The molecular formula is C15H22BrNO. The van der Waals surface area contributed by atoms with Crippen molar-refractivity contribution in [2.45, 2.75) is 44.7 Å². The maximum atomic E-state index is 9.24. The Labute approximate surface area is 118 Å². The van der Waals surface area contributed by atoms with Gasteiger partial charge in [-0.25, -0.2) is 0 Å². The van der Waals surface area contributed by atoms with Crippen molar-refractivity contribution in [2.75, 3.05) is 13.2 Å². The molecule has 100 valence electrons. The first-order chi connectivity index (χ1) is 8.79. The van der Waals surface area contributed by atoms with Gasteiger partial charge in [-0.3, -0.25) is 4.90 Å². The van der Waals surface area contributed by atoms with Crippen LogP contribution in [-0.2, 0) is 6.54 Å². The molecule has 0 heterocycles. The monoisotopic (exact) mass is 311 g/mol. The zero-order chi connectivity index (χ0) is 12.8. The summed E-state index contributed by atoms with van der Waals surface area (Å²) < 4.78 is 1.12. The summed E-state index contributed by atoms with van der Waals surface area (Å²) in [5.41, 5.74) is 1.33. The van der Waals surface area contributed by atoms with E-state index in [4.69, 9.17) is 0 Å². The number of rotatable bonds is 5.